The second kappa shape index (κ2) is 5.42. The van der Waals surface area contributed by atoms with E-state index in [0.29, 0.717) is 0 Å². The van der Waals surface area contributed by atoms with Gasteiger partial charge in [-0.25, -0.2) is 18.2 Å². The number of methoxy groups -OCH3 is 1. The summed E-state index contributed by atoms with van der Waals surface area (Å²) in [6, 6.07) is 9.16. The average Bonchev–Trinajstić information content (AvgIpc) is 2.47. The first-order valence-corrected chi connectivity index (χ1v) is 7.29. The molecule has 0 spiro atoms. The zero-order valence-electron chi connectivity index (χ0n) is 11.0. The molecule has 1 aromatic carbocycles. The number of nitrogens with zero attached hydrogens (tertiary/aromatic N) is 1. The molecule has 0 aliphatic rings. The second-order valence-electron chi connectivity index (χ2n) is 4.19. The number of ether oxygens (including phenoxy) is 1. The molecule has 0 amide bonds. The molecule has 0 saturated carbocycles. The van der Waals surface area contributed by atoms with Crippen molar-refractivity contribution in [3.8, 4) is 0 Å². The van der Waals surface area contributed by atoms with Crippen molar-refractivity contribution >= 4 is 15.8 Å². The highest BCUT2D eigenvalue weighted by atomic mass is 32.2. The summed E-state index contributed by atoms with van der Waals surface area (Å²) in [6.45, 7) is 1.87. The fourth-order valence-corrected chi connectivity index (χ4v) is 2.79. The van der Waals surface area contributed by atoms with E-state index >= 15 is 0 Å². The zero-order chi connectivity index (χ0) is 14.8. The number of esters is 1. The molecule has 0 aliphatic carbocycles. The lowest BCUT2D eigenvalue weighted by Crippen LogP contribution is -2.07. The van der Waals surface area contributed by atoms with Crippen molar-refractivity contribution < 1.29 is 17.9 Å². The Labute approximate surface area is 117 Å². The lowest BCUT2D eigenvalue weighted by molar-refractivity contribution is 0.0600. The summed E-state index contributed by atoms with van der Waals surface area (Å²) in [6.07, 6.45) is 1.19. The first kappa shape index (κ1) is 14.2. The monoisotopic (exact) mass is 291 g/mol. The minimum atomic E-state index is -3.67. The summed E-state index contributed by atoms with van der Waals surface area (Å²) in [5, 5.41) is -0.103. The number of sulfone groups is 1. The van der Waals surface area contributed by atoms with Crippen LogP contribution in [0.4, 0.5) is 0 Å². The Morgan fingerprint density at radius 2 is 1.75 bits per heavy atom. The van der Waals surface area contributed by atoms with E-state index in [2.05, 4.69) is 9.72 Å². The van der Waals surface area contributed by atoms with Crippen molar-refractivity contribution in [2.75, 3.05) is 7.11 Å². The van der Waals surface area contributed by atoms with Crippen LogP contribution in [0.5, 0.6) is 0 Å². The van der Waals surface area contributed by atoms with Gasteiger partial charge in [0.05, 0.1) is 17.6 Å². The highest BCUT2D eigenvalue weighted by molar-refractivity contribution is 7.91. The van der Waals surface area contributed by atoms with E-state index < -0.39 is 15.8 Å². The van der Waals surface area contributed by atoms with E-state index in [-0.39, 0.29) is 15.5 Å². The molecule has 0 radical (unpaired) electrons. The highest BCUT2D eigenvalue weighted by Gasteiger charge is 2.19. The average molecular weight is 291 g/mol. The SMILES string of the molecule is COC(=O)c1ccc(S(=O)(=O)c2ccc(C)cc2)nc1. The standard InChI is InChI=1S/C14H13NO4S/c1-10-3-6-12(7-4-10)20(17,18)13-8-5-11(9-15-13)14(16)19-2/h3-9H,1-2H3. The van der Waals surface area contributed by atoms with Gasteiger partial charge >= 0.3 is 5.97 Å². The Morgan fingerprint density at radius 1 is 1.10 bits per heavy atom. The van der Waals surface area contributed by atoms with Gasteiger partial charge in [0.2, 0.25) is 9.84 Å². The summed E-state index contributed by atoms with van der Waals surface area (Å²) in [7, 11) is -2.42. The number of hydrogen-bond acceptors (Lipinski definition) is 5. The van der Waals surface area contributed by atoms with Gasteiger partial charge in [-0.3, -0.25) is 0 Å². The third kappa shape index (κ3) is 2.70. The van der Waals surface area contributed by atoms with Gasteiger partial charge in [0.1, 0.15) is 0 Å². The Kier molecular flexibility index (Phi) is 3.85. The van der Waals surface area contributed by atoms with Crippen LogP contribution >= 0.6 is 0 Å². The third-order valence-corrected chi connectivity index (χ3v) is 4.45. The topological polar surface area (TPSA) is 73.3 Å². The molecule has 0 saturated heterocycles. The summed E-state index contributed by atoms with van der Waals surface area (Å²) < 4.78 is 29.2. The summed E-state index contributed by atoms with van der Waals surface area (Å²) in [4.78, 5) is 15.3. The molecule has 0 atom stereocenters. The van der Waals surface area contributed by atoms with Crippen molar-refractivity contribution in [2.24, 2.45) is 0 Å². The van der Waals surface area contributed by atoms with Gasteiger partial charge in [0, 0.05) is 6.20 Å². The molecule has 2 rings (SSSR count). The van der Waals surface area contributed by atoms with Crippen LogP contribution in [0.2, 0.25) is 0 Å². The maximum Gasteiger partial charge on any atom is 0.339 e. The predicted molar refractivity (Wildman–Crippen MR) is 72.2 cm³/mol. The van der Waals surface area contributed by atoms with Crippen LogP contribution < -0.4 is 0 Å². The summed E-state index contributed by atoms with van der Waals surface area (Å²) >= 11 is 0. The Balaban J connectivity index is 2.40. The van der Waals surface area contributed by atoms with Crippen LogP contribution in [-0.4, -0.2) is 26.5 Å². The van der Waals surface area contributed by atoms with Crippen LogP contribution in [0.25, 0.3) is 0 Å². The molecule has 0 N–H and O–H groups in total. The van der Waals surface area contributed by atoms with Crippen molar-refractivity contribution in [2.45, 2.75) is 16.8 Å². The molecule has 6 heteroatoms. The van der Waals surface area contributed by atoms with Crippen molar-refractivity contribution in [1.82, 2.24) is 4.98 Å². The largest absolute Gasteiger partial charge is 0.465 e. The molecule has 0 aliphatic heterocycles. The maximum atomic E-state index is 12.3. The fraction of sp³-hybridized carbons (Fsp3) is 0.143. The lowest BCUT2D eigenvalue weighted by Gasteiger charge is -2.05. The van der Waals surface area contributed by atoms with Gasteiger partial charge in [0.25, 0.3) is 0 Å². The smallest absolute Gasteiger partial charge is 0.339 e. The van der Waals surface area contributed by atoms with Crippen LogP contribution in [0, 0.1) is 6.92 Å². The molecule has 0 fully saturated rings. The van der Waals surface area contributed by atoms with E-state index in [0.717, 1.165) is 5.56 Å². The van der Waals surface area contributed by atoms with Gasteiger partial charge in [0.15, 0.2) is 5.03 Å². The van der Waals surface area contributed by atoms with Crippen LogP contribution in [0.1, 0.15) is 15.9 Å². The maximum absolute atomic E-state index is 12.3. The van der Waals surface area contributed by atoms with Gasteiger partial charge < -0.3 is 4.74 Å². The van der Waals surface area contributed by atoms with E-state index in [1.54, 1.807) is 12.1 Å². The van der Waals surface area contributed by atoms with Gasteiger partial charge in [-0.2, -0.15) is 0 Å². The van der Waals surface area contributed by atoms with E-state index in [1.165, 1.54) is 37.6 Å². The molecular formula is C14H13NO4S. The molecule has 5 nitrogen and oxygen atoms in total. The van der Waals surface area contributed by atoms with Crippen molar-refractivity contribution in [1.29, 1.82) is 0 Å². The molecule has 104 valence electrons. The van der Waals surface area contributed by atoms with Gasteiger partial charge in [-0.1, -0.05) is 17.7 Å². The van der Waals surface area contributed by atoms with E-state index in [4.69, 9.17) is 0 Å². The molecule has 20 heavy (non-hydrogen) atoms. The number of rotatable bonds is 3. The number of pyridine rings is 1. The van der Waals surface area contributed by atoms with E-state index in [9.17, 15) is 13.2 Å². The molecule has 0 bridgehead atoms. The van der Waals surface area contributed by atoms with E-state index in [1.807, 2.05) is 6.92 Å². The van der Waals surface area contributed by atoms with Crippen LogP contribution in [-0.2, 0) is 14.6 Å². The molecular weight excluding hydrogens is 278 g/mol. The zero-order valence-corrected chi connectivity index (χ0v) is 11.8. The predicted octanol–water partition coefficient (Wildman–Crippen LogP) is 2.01. The summed E-state index contributed by atoms with van der Waals surface area (Å²) in [5.74, 6) is -0.559. The minimum Gasteiger partial charge on any atom is -0.465 e. The number of carbonyl (C=O) groups excluding carboxylic acids is 1. The second-order valence-corrected chi connectivity index (χ2v) is 6.09. The van der Waals surface area contributed by atoms with Crippen LogP contribution in [0.3, 0.4) is 0 Å². The number of aryl methyl sites for hydroxylation is 1. The number of aromatic nitrogens is 1. The molecule has 1 heterocycles. The molecule has 2 aromatic rings. The third-order valence-electron chi connectivity index (χ3n) is 2.76. The normalized spacial score (nSPS) is 11.1. The van der Waals surface area contributed by atoms with Gasteiger partial charge in [-0.15, -0.1) is 0 Å². The highest BCUT2D eigenvalue weighted by Crippen LogP contribution is 2.19. The molecule has 1 aromatic heterocycles. The van der Waals surface area contributed by atoms with Crippen molar-refractivity contribution in [3.05, 3.63) is 53.7 Å². The van der Waals surface area contributed by atoms with Crippen molar-refractivity contribution in [3.63, 3.8) is 0 Å². The number of hydrogen-bond donors (Lipinski definition) is 0. The Bertz CT molecular complexity index is 719. The first-order chi connectivity index (χ1) is 9.45. The Hall–Kier alpha value is -2.21. The Morgan fingerprint density at radius 3 is 2.25 bits per heavy atom. The lowest BCUT2D eigenvalue weighted by atomic mass is 10.2. The van der Waals surface area contributed by atoms with Gasteiger partial charge in [-0.05, 0) is 31.2 Å². The molecule has 0 unspecified atom stereocenters. The number of benzene rings is 1. The van der Waals surface area contributed by atoms with Crippen LogP contribution in [0.15, 0.2) is 52.5 Å². The fourth-order valence-electron chi connectivity index (χ4n) is 1.62. The first-order valence-electron chi connectivity index (χ1n) is 5.81. The quantitative estimate of drug-likeness (QED) is 0.809. The minimum absolute atomic E-state index is 0.103. The summed E-state index contributed by atoms with van der Waals surface area (Å²) in [5.41, 5.74) is 1.17. The number of carbonyl (C=O) groups is 1.